The number of amides is 1. The van der Waals surface area contributed by atoms with E-state index >= 15 is 0 Å². The first-order chi connectivity index (χ1) is 11.7. The molecule has 1 aliphatic rings. The summed E-state index contributed by atoms with van der Waals surface area (Å²) in [6.45, 7) is 0.247. The van der Waals surface area contributed by atoms with Gasteiger partial charge in [-0.05, 0) is 23.3 Å². The van der Waals surface area contributed by atoms with E-state index in [1.54, 1.807) is 19.2 Å². The highest BCUT2D eigenvalue weighted by Crippen LogP contribution is 2.31. The summed E-state index contributed by atoms with van der Waals surface area (Å²) >= 11 is 0. The Kier molecular flexibility index (Phi) is 5.01. The smallest absolute Gasteiger partial charge is 0.224 e. The lowest BCUT2D eigenvalue weighted by molar-refractivity contribution is -0.123. The number of hydrogen-bond acceptors (Lipinski definition) is 4. The minimum absolute atomic E-state index is 0.148. The van der Waals surface area contributed by atoms with Gasteiger partial charge < -0.3 is 19.9 Å². The molecule has 2 aromatic carbocycles. The fraction of sp³-hybridized carbons (Fsp3) is 0.316. The number of methoxy groups -OCH3 is 1. The van der Waals surface area contributed by atoms with Crippen molar-refractivity contribution in [2.24, 2.45) is 0 Å². The van der Waals surface area contributed by atoms with E-state index in [4.69, 9.17) is 9.47 Å². The molecule has 0 bridgehead atoms. The van der Waals surface area contributed by atoms with Gasteiger partial charge in [0.1, 0.15) is 0 Å². The molecule has 0 heterocycles. The van der Waals surface area contributed by atoms with Gasteiger partial charge in [-0.3, -0.25) is 4.79 Å². The number of carbonyl (C=O) groups is 1. The summed E-state index contributed by atoms with van der Waals surface area (Å²) in [6, 6.07) is 14.8. The van der Waals surface area contributed by atoms with E-state index in [1.807, 2.05) is 36.4 Å². The molecule has 5 heteroatoms. The van der Waals surface area contributed by atoms with Crippen molar-refractivity contribution in [2.75, 3.05) is 13.7 Å². The Morgan fingerprint density at radius 1 is 1.17 bits per heavy atom. The summed E-state index contributed by atoms with van der Waals surface area (Å²) < 4.78 is 10.8. The first-order valence-corrected chi connectivity index (χ1v) is 8.00. The third kappa shape index (κ3) is 3.51. The quantitative estimate of drug-likeness (QED) is 0.854. The van der Waals surface area contributed by atoms with Crippen LogP contribution in [-0.2, 0) is 11.2 Å². The van der Waals surface area contributed by atoms with E-state index in [2.05, 4.69) is 5.32 Å². The molecule has 0 spiro atoms. The molecule has 1 amide bonds. The highest BCUT2D eigenvalue weighted by Gasteiger charge is 2.31. The summed E-state index contributed by atoms with van der Waals surface area (Å²) in [5, 5.41) is 13.1. The number of rotatable bonds is 6. The monoisotopic (exact) mass is 327 g/mol. The van der Waals surface area contributed by atoms with E-state index in [1.165, 1.54) is 0 Å². The van der Waals surface area contributed by atoms with Crippen molar-refractivity contribution in [2.45, 2.75) is 25.0 Å². The summed E-state index contributed by atoms with van der Waals surface area (Å²) in [5.74, 6) is 1.10. The SMILES string of the molecule is COc1ccccc1OCCC(=O)N[C@@H]1c2ccccc2C[C@@H]1O. The van der Waals surface area contributed by atoms with Crippen LogP contribution in [0.15, 0.2) is 48.5 Å². The Balaban J connectivity index is 1.53. The van der Waals surface area contributed by atoms with Crippen molar-refractivity contribution in [3.8, 4) is 11.5 Å². The first-order valence-electron chi connectivity index (χ1n) is 8.00. The number of fused-ring (bicyclic) bond motifs is 1. The average molecular weight is 327 g/mol. The van der Waals surface area contributed by atoms with E-state index in [-0.39, 0.29) is 25.0 Å². The molecule has 0 saturated carbocycles. The van der Waals surface area contributed by atoms with Crippen molar-refractivity contribution in [3.63, 3.8) is 0 Å². The lowest BCUT2D eigenvalue weighted by Gasteiger charge is -2.18. The van der Waals surface area contributed by atoms with Crippen LogP contribution in [0.4, 0.5) is 0 Å². The molecule has 0 saturated heterocycles. The number of ether oxygens (including phenoxy) is 2. The molecule has 2 aromatic rings. The molecule has 24 heavy (non-hydrogen) atoms. The second-order valence-electron chi connectivity index (χ2n) is 5.76. The van der Waals surface area contributed by atoms with Crippen LogP contribution in [0.5, 0.6) is 11.5 Å². The molecule has 0 fully saturated rings. The fourth-order valence-electron chi connectivity index (χ4n) is 2.99. The zero-order valence-corrected chi connectivity index (χ0v) is 13.6. The van der Waals surface area contributed by atoms with E-state index < -0.39 is 6.10 Å². The second-order valence-corrected chi connectivity index (χ2v) is 5.76. The van der Waals surface area contributed by atoms with Gasteiger partial charge in [-0.1, -0.05) is 36.4 Å². The van der Waals surface area contributed by atoms with Gasteiger partial charge in [0.15, 0.2) is 11.5 Å². The number of hydrogen-bond donors (Lipinski definition) is 2. The maximum Gasteiger partial charge on any atom is 0.224 e. The topological polar surface area (TPSA) is 67.8 Å². The van der Waals surface area contributed by atoms with Gasteiger partial charge in [-0.15, -0.1) is 0 Å². The van der Waals surface area contributed by atoms with Crippen molar-refractivity contribution < 1.29 is 19.4 Å². The van der Waals surface area contributed by atoms with Crippen LogP contribution in [0, 0.1) is 0 Å². The lowest BCUT2D eigenvalue weighted by atomic mass is 10.1. The normalized spacial score (nSPS) is 18.8. The van der Waals surface area contributed by atoms with Gasteiger partial charge in [0.25, 0.3) is 0 Å². The summed E-state index contributed by atoms with van der Waals surface area (Å²) in [4.78, 5) is 12.2. The zero-order valence-electron chi connectivity index (χ0n) is 13.6. The summed E-state index contributed by atoms with van der Waals surface area (Å²) in [5.41, 5.74) is 2.07. The van der Waals surface area contributed by atoms with Gasteiger partial charge in [-0.2, -0.15) is 0 Å². The predicted octanol–water partition coefficient (Wildman–Crippen LogP) is 2.24. The Labute approximate surface area is 141 Å². The molecule has 0 aromatic heterocycles. The number of nitrogens with one attached hydrogen (secondary N) is 1. The predicted molar refractivity (Wildman–Crippen MR) is 90.1 cm³/mol. The molecule has 126 valence electrons. The van der Waals surface area contributed by atoms with Crippen molar-refractivity contribution in [3.05, 3.63) is 59.7 Å². The van der Waals surface area contributed by atoms with Crippen LogP contribution >= 0.6 is 0 Å². The number of aliphatic hydroxyl groups is 1. The molecule has 1 aliphatic carbocycles. The number of aliphatic hydroxyl groups excluding tert-OH is 1. The standard InChI is InChI=1S/C19H21NO4/c1-23-16-8-4-5-9-17(16)24-11-10-18(22)20-19-14-7-3-2-6-13(14)12-15(19)21/h2-9,15,19,21H,10-12H2,1H3,(H,20,22)/t15-,19+/m0/s1. The van der Waals surface area contributed by atoms with Crippen LogP contribution in [0.3, 0.4) is 0 Å². The number of para-hydroxylation sites is 2. The van der Waals surface area contributed by atoms with Gasteiger partial charge in [0.05, 0.1) is 32.3 Å². The van der Waals surface area contributed by atoms with Crippen LogP contribution in [0.25, 0.3) is 0 Å². The summed E-state index contributed by atoms with van der Waals surface area (Å²) in [6.07, 6.45) is 0.198. The van der Waals surface area contributed by atoms with Crippen molar-refractivity contribution >= 4 is 5.91 Å². The highest BCUT2D eigenvalue weighted by molar-refractivity contribution is 5.77. The molecule has 0 unspecified atom stereocenters. The largest absolute Gasteiger partial charge is 0.493 e. The van der Waals surface area contributed by atoms with Gasteiger partial charge in [0.2, 0.25) is 5.91 Å². The summed E-state index contributed by atoms with van der Waals surface area (Å²) in [7, 11) is 1.58. The van der Waals surface area contributed by atoms with Crippen LogP contribution in [0.1, 0.15) is 23.6 Å². The van der Waals surface area contributed by atoms with E-state index in [9.17, 15) is 9.90 Å². The van der Waals surface area contributed by atoms with E-state index in [0.29, 0.717) is 17.9 Å². The maximum atomic E-state index is 12.2. The van der Waals surface area contributed by atoms with Crippen LogP contribution in [-0.4, -0.2) is 30.8 Å². The molecule has 0 aliphatic heterocycles. The average Bonchev–Trinajstić information content (AvgIpc) is 2.91. The van der Waals surface area contributed by atoms with Crippen LogP contribution in [0.2, 0.25) is 0 Å². The third-order valence-corrected chi connectivity index (χ3v) is 4.18. The van der Waals surface area contributed by atoms with Crippen molar-refractivity contribution in [1.82, 2.24) is 5.32 Å². The number of carbonyl (C=O) groups excluding carboxylic acids is 1. The fourth-order valence-corrected chi connectivity index (χ4v) is 2.99. The second kappa shape index (κ2) is 7.36. The van der Waals surface area contributed by atoms with Crippen LogP contribution < -0.4 is 14.8 Å². The Bertz CT molecular complexity index is 716. The molecule has 3 rings (SSSR count). The molecule has 2 N–H and O–H groups in total. The molecule has 5 nitrogen and oxygen atoms in total. The van der Waals surface area contributed by atoms with E-state index in [0.717, 1.165) is 11.1 Å². The minimum atomic E-state index is -0.582. The zero-order chi connectivity index (χ0) is 16.9. The Morgan fingerprint density at radius 2 is 1.88 bits per heavy atom. The Morgan fingerprint density at radius 3 is 2.67 bits per heavy atom. The highest BCUT2D eigenvalue weighted by atomic mass is 16.5. The molecular formula is C19H21NO4. The molecule has 2 atom stereocenters. The van der Waals surface area contributed by atoms with Crippen molar-refractivity contribution in [1.29, 1.82) is 0 Å². The van der Waals surface area contributed by atoms with Gasteiger partial charge >= 0.3 is 0 Å². The van der Waals surface area contributed by atoms with Gasteiger partial charge in [0, 0.05) is 6.42 Å². The van der Waals surface area contributed by atoms with Gasteiger partial charge in [-0.25, -0.2) is 0 Å². The molecule has 0 radical (unpaired) electrons. The molecular weight excluding hydrogens is 306 g/mol. The first kappa shape index (κ1) is 16.3. The minimum Gasteiger partial charge on any atom is -0.493 e. The maximum absolute atomic E-state index is 12.2. The number of benzene rings is 2. The Hall–Kier alpha value is -2.53. The third-order valence-electron chi connectivity index (χ3n) is 4.18. The lowest BCUT2D eigenvalue weighted by Crippen LogP contribution is -2.34.